The van der Waals surface area contributed by atoms with E-state index in [0.29, 0.717) is 24.4 Å². The number of aliphatic carboxylic acids is 1. The number of carbonyl (C=O) groups is 2. The van der Waals surface area contributed by atoms with Crippen LogP contribution < -0.4 is 10.1 Å². The summed E-state index contributed by atoms with van der Waals surface area (Å²) in [6.45, 7) is 0. The van der Waals surface area contributed by atoms with Crippen LogP contribution in [0.5, 0.6) is 5.75 Å². The predicted molar refractivity (Wildman–Crippen MR) is 72.5 cm³/mol. The summed E-state index contributed by atoms with van der Waals surface area (Å²) < 4.78 is 4.99. The van der Waals surface area contributed by atoms with Gasteiger partial charge in [-0.1, -0.05) is 6.42 Å². The maximum atomic E-state index is 12.1. The van der Waals surface area contributed by atoms with Gasteiger partial charge in [0.25, 0.3) is 0 Å². The van der Waals surface area contributed by atoms with Gasteiger partial charge in [0.05, 0.1) is 19.2 Å². The van der Waals surface area contributed by atoms with E-state index in [0.717, 1.165) is 12.8 Å². The smallest absolute Gasteiger partial charge is 0.306 e. The number of ether oxygens (including phenoxy) is 1. The zero-order valence-corrected chi connectivity index (χ0v) is 11.3. The Morgan fingerprint density at radius 1 is 1.35 bits per heavy atom. The van der Waals surface area contributed by atoms with Crippen LogP contribution in [-0.4, -0.2) is 29.1 Å². The molecule has 6 nitrogen and oxygen atoms in total. The van der Waals surface area contributed by atoms with Crippen molar-refractivity contribution in [2.75, 3.05) is 12.4 Å². The fraction of sp³-hybridized carbons (Fsp3) is 0.500. The standard InChI is InChI=1S/C14H18N2O4/c1-20-11-5-6-12(15-8-11)16-13(17)9-3-2-4-10(7-9)14(18)19/h5-6,8-10H,2-4,7H2,1H3,(H,18,19)(H,15,16,17). The SMILES string of the molecule is COc1ccc(NC(=O)C2CCCC(C(=O)O)C2)nc1. The molecule has 1 heterocycles. The van der Waals surface area contributed by atoms with E-state index in [1.807, 2.05) is 0 Å². The highest BCUT2D eigenvalue weighted by molar-refractivity contribution is 5.92. The van der Waals surface area contributed by atoms with Crippen LogP contribution in [0.2, 0.25) is 0 Å². The summed E-state index contributed by atoms with van der Waals surface area (Å²) in [5, 5.41) is 11.8. The van der Waals surface area contributed by atoms with Crippen molar-refractivity contribution >= 4 is 17.7 Å². The first-order chi connectivity index (χ1) is 9.60. The molecule has 1 fully saturated rings. The molecule has 1 aliphatic rings. The number of nitrogens with one attached hydrogen (secondary N) is 1. The van der Waals surface area contributed by atoms with Crippen LogP contribution in [0.1, 0.15) is 25.7 Å². The van der Waals surface area contributed by atoms with Crippen molar-refractivity contribution in [3.8, 4) is 5.75 Å². The Labute approximate surface area is 117 Å². The minimum Gasteiger partial charge on any atom is -0.495 e. The van der Waals surface area contributed by atoms with Gasteiger partial charge in [0.2, 0.25) is 5.91 Å². The number of pyridine rings is 1. The third kappa shape index (κ3) is 3.46. The van der Waals surface area contributed by atoms with Gasteiger partial charge in [-0.2, -0.15) is 0 Å². The number of carboxylic acid groups (broad SMARTS) is 1. The molecular weight excluding hydrogens is 260 g/mol. The predicted octanol–water partition coefficient (Wildman–Crippen LogP) is 1.92. The molecule has 6 heteroatoms. The molecule has 20 heavy (non-hydrogen) atoms. The van der Waals surface area contributed by atoms with Gasteiger partial charge in [-0.15, -0.1) is 0 Å². The summed E-state index contributed by atoms with van der Waals surface area (Å²) in [6, 6.07) is 3.37. The Balaban J connectivity index is 1.95. The van der Waals surface area contributed by atoms with Crippen molar-refractivity contribution in [2.24, 2.45) is 11.8 Å². The molecule has 1 aromatic rings. The van der Waals surface area contributed by atoms with E-state index in [2.05, 4.69) is 10.3 Å². The van der Waals surface area contributed by atoms with Gasteiger partial charge in [0.1, 0.15) is 11.6 Å². The number of methoxy groups -OCH3 is 1. The zero-order valence-electron chi connectivity index (χ0n) is 11.3. The number of hydrogen-bond acceptors (Lipinski definition) is 4. The summed E-state index contributed by atoms with van der Waals surface area (Å²) in [5.41, 5.74) is 0. The van der Waals surface area contributed by atoms with Crippen LogP contribution in [0.25, 0.3) is 0 Å². The molecule has 0 saturated heterocycles. The van der Waals surface area contributed by atoms with Crippen LogP contribution in [-0.2, 0) is 9.59 Å². The molecule has 108 valence electrons. The summed E-state index contributed by atoms with van der Waals surface area (Å²) in [7, 11) is 1.54. The van der Waals surface area contributed by atoms with Crippen molar-refractivity contribution < 1.29 is 19.4 Å². The van der Waals surface area contributed by atoms with E-state index in [-0.39, 0.29) is 11.8 Å². The molecule has 2 rings (SSSR count). The lowest BCUT2D eigenvalue weighted by Crippen LogP contribution is -2.31. The van der Waals surface area contributed by atoms with E-state index in [1.165, 1.54) is 6.20 Å². The van der Waals surface area contributed by atoms with Crippen molar-refractivity contribution in [3.63, 3.8) is 0 Å². The van der Waals surface area contributed by atoms with E-state index in [1.54, 1.807) is 19.2 Å². The molecule has 0 aromatic carbocycles. The fourth-order valence-electron chi connectivity index (χ4n) is 2.46. The Morgan fingerprint density at radius 3 is 2.70 bits per heavy atom. The van der Waals surface area contributed by atoms with E-state index in [4.69, 9.17) is 9.84 Å². The van der Waals surface area contributed by atoms with E-state index in [9.17, 15) is 9.59 Å². The highest BCUT2D eigenvalue weighted by atomic mass is 16.5. The second-order valence-electron chi connectivity index (χ2n) is 4.97. The van der Waals surface area contributed by atoms with Crippen LogP contribution in [0.4, 0.5) is 5.82 Å². The molecule has 2 atom stereocenters. The molecule has 2 N–H and O–H groups in total. The lowest BCUT2D eigenvalue weighted by Gasteiger charge is -2.25. The van der Waals surface area contributed by atoms with Gasteiger partial charge >= 0.3 is 5.97 Å². The highest BCUT2D eigenvalue weighted by Crippen LogP contribution is 2.30. The van der Waals surface area contributed by atoms with Gasteiger partial charge in [-0.3, -0.25) is 9.59 Å². The van der Waals surface area contributed by atoms with Crippen LogP contribution in [0, 0.1) is 11.8 Å². The van der Waals surface area contributed by atoms with Gasteiger partial charge in [0.15, 0.2) is 0 Å². The summed E-state index contributed by atoms with van der Waals surface area (Å²) in [6.07, 6.45) is 4.07. The third-order valence-electron chi connectivity index (χ3n) is 3.62. The first kappa shape index (κ1) is 14.3. The minimum absolute atomic E-state index is 0.159. The maximum Gasteiger partial charge on any atom is 0.306 e. The maximum absolute atomic E-state index is 12.1. The van der Waals surface area contributed by atoms with Crippen molar-refractivity contribution in [1.82, 2.24) is 4.98 Å². The average Bonchev–Trinajstić information content (AvgIpc) is 2.48. The van der Waals surface area contributed by atoms with Crippen molar-refractivity contribution in [3.05, 3.63) is 18.3 Å². The van der Waals surface area contributed by atoms with Crippen molar-refractivity contribution in [1.29, 1.82) is 0 Å². The van der Waals surface area contributed by atoms with Crippen LogP contribution >= 0.6 is 0 Å². The molecule has 1 aromatic heterocycles. The lowest BCUT2D eigenvalue weighted by atomic mass is 9.81. The first-order valence-corrected chi connectivity index (χ1v) is 6.64. The van der Waals surface area contributed by atoms with E-state index < -0.39 is 11.9 Å². The van der Waals surface area contributed by atoms with Gasteiger partial charge in [-0.05, 0) is 31.4 Å². The normalized spacial score (nSPS) is 22.1. The summed E-state index contributed by atoms with van der Waals surface area (Å²) >= 11 is 0. The Hall–Kier alpha value is -2.11. The number of carboxylic acids is 1. The molecule has 0 radical (unpaired) electrons. The Bertz CT molecular complexity index is 486. The average molecular weight is 278 g/mol. The lowest BCUT2D eigenvalue weighted by molar-refractivity contribution is -0.143. The topological polar surface area (TPSA) is 88.5 Å². The molecule has 1 aliphatic carbocycles. The Morgan fingerprint density at radius 2 is 2.10 bits per heavy atom. The molecular formula is C14H18N2O4. The second-order valence-corrected chi connectivity index (χ2v) is 4.97. The quantitative estimate of drug-likeness (QED) is 0.878. The number of hydrogen-bond donors (Lipinski definition) is 2. The van der Waals surface area contributed by atoms with Gasteiger partial charge in [0, 0.05) is 5.92 Å². The largest absolute Gasteiger partial charge is 0.495 e. The number of anilines is 1. The number of amides is 1. The minimum atomic E-state index is -0.815. The summed E-state index contributed by atoms with van der Waals surface area (Å²) in [5.74, 6) is -0.573. The number of nitrogens with zero attached hydrogens (tertiary/aromatic N) is 1. The molecule has 0 aliphatic heterocycles. The van der Waals surface area contributed by atoms with E-state index >= 15 is 0 Å². The molecule has 1 saturated carbocycles. The second kappa shape index (κ2) is 6.36. The monoisotopic (exact) mass is 278 g/mol. The number of aromatic nitrogens is 1. The molecule has 0 spiro atoms. The first-order valence-electron chi connectivity index (χ1n) is 6.64. The Kier molecular flexibility index (Phi) is 4.55. The van der Waals surface area contributed by atoms with Crippen LogP contribution in [0.3, 0.4) is 0 Å². The molecule has 2 unspecified atom stereocenters. The van der Waals surface area contributed by atoms with Gasteiger partial charge < -0.3 is 15.2 Å². The highest BCUT2D eigenvalue weighted by Gasteiger charge is 2.31. The summed E-state index contributed by atoms with van der Waals surface area (Å²) in [4.78, 5) is 27.2. The molecule has 0 bridgehead atoms. The number of rotatable bonds is 4. The van der Waals surface area contributed by atoms with Gasteiger partial charge in [-0.25, -0.2) is 4.98 Å². The molecule has 1 amide bonds. The third-order valence-corrected chi connectivity index (χ3v) is 3.62. The number of carbonyl (C=O) groups excluding carboxylic acids is 1. The fourth-order valence-corrected chi connectivity index (χ4v) is 2.46. The van der Waals surface area contributed by atoms with Crippen LogP contribution in [0.15, 0.2) is 18.3 Å². The van der Waals surface area contributed by atoms with Crippen molar-refractivity contribution in [2.45, 2.75) is 25.7 Å². The zero-order chi connectivity index (χ0) is 14.5.